The zero-order chi connectivity index (χ0) is 22.9. The third-order valence-corrected chi connectivity index (χ3v) is 6.84. The van der Waals surface area contributed by atoms with Crippen molar-refractivity contribution in [3.8, 4) is 0 Å². The predicted molar refractivity (Wildman–Crippen MR) is 128 cm³/mol. The minimum absolute atomic E-state index is 0.0522. The van der Waals surface area contributed by atoms with Crippen LogP contribution in [0.4, 0.5) is 22.9 Å². The maximum atomic E-state index is 12.9. The summed E-state index contributed by atoms with van der Waals surface area (Å²) in [5.41, 5.74) is 3.23. The highest BCUT2D eigenvalue weighted by atomic mass is 16.5. The number of pyridine rings is 1. The van der Waals surface area contributed by atoms with E-state index in [4.69, 9.17) is 4.74 Å². The number of rotatable bonds is 6. The Labute approximate surface area is 194 Å². The highest BCUT2D eigenvalue weighted by Gasteiger charge is 2.38. The smallest absolute Gasteiger partial charge is 0.251 e. The number of ether oxygens (including phenoxy) is 1. The average molecular weight is 450 g/mol. The van der Waals surface area contributed by atoms with Crippen LogP contribution in [0.1, 0.15) is 43.0 Å². The van der Waals surface area contributed by atoms with E-state index in [0.717, 1.165) is 36.4 Å². The Hall–Kier alpha value is -3.13. The highest BCUT2D eigenvalue weighted by molar-refractivity contribution is 6.05. The molecule has 2 aromatic rings. The van der Waals surface area contributed by atoms with Gasteiger partial charge in [0.2, 0.25) is 5.91 Å². The van der Waals surface area contributed by atoms with E-state index in [9.17, 15) is 9.59 Å². The molecule has 2 aliphatic heterocycles. The van der Waals surface area contributed by atoms with Crippen molar-refractivity contribution in [2.24, 2.45) is 5.92 Å². The van der Waals surface area contributed by atoms with Gasteiger partial charge in [0.1, 0.15) is 11.9 Å². The van der Waals surface area contributed by atoms with Crippen LogP contribution in [0.3, 0.4) is 0 Å². The van der Waals surface area contributed by atoms with E-state index >= 15 is 0 Å². The number of hydrogen-bond acceptors (Lipinski definition) is 6. The van der Waals surface area contributed by atoms with Gasteiger partial charge in [0.05, 0.1) is 17.6 Å². The monoisotopic (exact) mass is 449 g/mol. The first-order valence-corrected chi connectivity index (χ1v) is 11.8. The second-order valence-electron chi connectivity index (χ2n) is 9.24. The summed E-state index contributed by atoms with van der Waals surface area (Å²) in [5, 5.41) is 6.36. The minimum Gasteiger partial charge on any atom is -0.381 e. The first kappa shape index (κ1) is 21.7. The number of hydrogen-bond donors (Lipinski definition) is 2. The zero-order valence-corrected chi connectivity index (χ0v) is 19.2. The largest absolute Gasteiger partial charge is 0.381 e. The van der Waals surface area contributed by atoms with Crippen molar-refractivity contribution in [1.29, 1.82) is 0 Å². The SMILES string of the molecule is CC1C(=O)N(C)c2cnc(Nc3cccc(C(=O)NCC4CC4)c3)cc2N1C1CCOCC1. The molecular weight excluding hydrogens is 418 g/mol. The molecule has 8 heteroatoms. The summed E-state index contributed by atoms with van der Waals surface area (Å²) in [7, 11) is 1.80. The lowest BCUT2D eigenvalue weighted by atomic mass is 10.00. The molecule has 2 N–H and O–H groups in total. The van der Waals surface area contributed by atoms with Gasteiger partial charge in [-0.25, -0.2) is 4.98 Å². The lowest BCUT2D eigenvalue weighted by Crippen LogP contribution is -2.55. The molecule has 8 nitrogen and oxygen atoms in total. The van der Waals surface area contributed by atoms with Gasteiger partial charge < -0.3 is 25.2 Å². The quantitative estimate of drug-likeness (QED) is 0.704. The van der Waals surface area contributed by atoms with E-state index in [1.807, 2.05) is 37.3 Å². The number of amides is 2. The van der Waals surface area contributed by atoms with E-state index in [1.165, 1.54) is 12.8 Å². The van der Waals surface area contributed by atoms with Crippen LogP contribution in [0.15, 0.2) is 36.5 Å². The maximum Gasteiger partial charge on any atom is 0.251 e. The van der Waals surface area contributed by atoms with E-state index in [0.29, 0.717) is 30.5 Å². The van der Waals surface area contributed by atoms with Gasteiger partial charge in [-0.1, -0.05) is 6.07 Å². The lowest BCUT2D eigenvalue weighted by Gasteiger charge is -2.45. The van der Waals surface area contributed by atoms with Crippen LogP contribution in [0, 0.1) is 5.92 Å². The Balaban J connectivity index is 1.39. The molecule has 5 rings (SSSR count). The topological polar surface area (TPSA) is 86.8 Å². The number of benzene rings is 1. The van der Waals surface area contributed by atoms with Crippen LogP contribution < -0.4 is 20.4 Å². The van der Waals surface area contributed by atoms with Crippen LogP contribution in [0.25, 0.3) is 0 Å². The third-order valence-electron chi connectivity index (χ3n) is 6.84. The fourth-order valence-electron chi connectivity index (χ4n) is 4.72. The molecule has 2 amide bonds. The Kier molecular flexibility index (Phi) is 5.93. The van der Waals surface area contributed by atoms with Crippen molar-refractivity contribution in [2.45, 2.75) is 44.7 Å². The third kappa shape index (κ3) is 4.53. The number of aromatic nitrogens is 1. The average Bonchev–Trinajstić information content (AvgIpc) is 3.67. The fourth-order valence-corrected chi connectivity index (χ4v) is 4.72. The Morgan fingerprint density at radius 3 is 2.70 bits per heavy atom. The van der Waals surface area contributed by atoms with Gasteiger partial charge in [-0.2, -0.15) is 0 Å². The van der Waals surface area contributed by atoms with Crippen LogP contribution in [-0.4, -0.2) is 55.7 Å². The van der Waals surface area contributed by atoms with Gasteiger partial charge in [0, 0.05) is 50.2 Å². The van der Waals surface area contributed by atoms with Crippen molar-refractivity contribution < 1.29 is 14.3 Å². The molecule has 1 saturated heterocycles. The Morgan fingerprint density at radius 2 is 1.94 bits per heavy atom. The minimum atomic E-state index is -0.251. The first-order valence-electron chi connectivity index (χ1n) is 11.8. The summed E-state index contributed by atoms with van der Waals surface area (Å²) in [5.74, 6) is 1.34. The normalized spacial score (nSPS) is 21.0. The molecule has 1 aromatic carbocycles. The van der Waals surface area contributed by atoms with Gasteiger partial charge >= 0.3 is 0 Å². The Morgan fingerprint density at radius 1 is 1.15 bits per heavy atom. The highest BCUT2D eigenvalue weighted by Crippen LogP contribution is 2.39. The summed E-state index contributed by atoms with van der Waals surface area (Å²) in [4.78, 5) is 33.9. The van der Waals surface area contributed by atoms with Crippen molar-refractivity contribution >= 4 is 34.7 Å². The van der Waals surface area contributed by atoms with Crippen LogP contribution in [0.5, 0.6) is 0 Å². The van der Waals surface area contributed by atoms with Gasteiger partial charge in [0.25, 0.3) is 5.91 Å². The number of nitrogens with one attached hydrogen (secondary N) is 2. The molecule has 1 aliphatic carbocycles. The molecule has 1 atom stereocenters. The van der Waals surface area contributed by atoms with Crippen molar-refractivity contribution in [1.82, 2.24) is 10.3 Å². The summed E-state index contributed by atoms with van der Waals surface area (Å²) in [6.45, 7) is 4.13. The predicted octanol–water partition coefficient (Wildman–Crippen LogP) is 3.32. The molecule has 3 aliphatic rings. The molecule has 33 heavy (non-hydrogen) atoms. The number of nitrogens with zero attached hydrogens (tertiary/aromatic N) is 3. The second-order valence-corrected chi connectivity index (χ2v) is 9.24. The standard InChI is InChI=1S/C25H31N5O3/c1-16-25(32)29(2)22-15-26-23(13-21(22)30(16)20-8-10-33-11-9-20)28-19-5-3-4-18(12-19)24(31)27-14-17-6-7-17/h3-5,12-13,15-17,20H,6-11,14H2,1-2H3,(H,26,28)(H,27,31). The van der Waals surface area contributed by atoms with Gasteiger partial charge in [-0.15, -0.1) is 0 Å². The van der Waals surface area contributed by atoms with Crippen molar-refractivity contribution in [3.05, 3.63) is 42.1 Å². The number of carbonyl (C=O) groups excluding carboxylic acids is 2. The summed E-state index contributed by atoms with van der Waals surface area (Å²) in [6.07, 6.45) is 5.94. The molecular formula is C25H31N5O3. The molecule has 1 saturated carbocycles. The van der Waals surface area contributed by atoms with E-state index in [1.54, 1.807) is 18.1 Å². The van der Waals surface area contributed by atoms with Crippen molar-refractivity contribution in [3.63, 3.8) is 0 Å². The fraction of sp³-hybridized carbons (Fsp3) is 0.480. The summed E-state index contributed by atoms with van der Waals surface area (Å²) < 4.78 is 5.55. The van der Waals surface area contributed by atoms with Gasteiger partial charge in [-0.3, -0.25) is 9.59 Å². The van der Waals surface area contributed by atoms with Gasteiger partial charge in [0.15, 0.2) is 0 Å². The summed E-state index contributed by atoms with van der Waals surface area (Å²) >= 11 is 0. The number of anilines is 4. The molecule has 174 valence electrons. The molecule has 1 aromatic heterocycles. The van der Waals surface area contributed by atoms with Crippen molar-refractivity contribution in [2.75, 3.05) is 41.9 Å². The molecule has 3 heterocycles. The van der Waals surface area contributed by atoms with E-state index in [2.05, 4.69) is 20.5 Å². The van der Waals surface area contributed by atoms with Gasteiger partial charge in [-0.05, 0) is 56.7 Å². The second kappa shape index (κ2) is 9.02. The van der Waals surface area contributed by atoms with Crippen LogP contribution in [-0.2, 0) is 9.53 Å². The summed E-state index contributed by atoms with van der Waals surface area (Å²) in [6, 6.07) is 9.46. The lowest BCUT2D eigenvalue weighted by molar-refractivity contribution is -0.119. The van der Waals surface area contributed by atoms with Crippen LogP contribution in [0.2, 0.25) is 0 Å². The Bertz CT molecular complexity index is 1050. The molecule has 2 fully saturated rings. The number of likely N-dealkylation sites (N-methyl/N-ethyl adjacent to an activating group) is 1. The maximum absolute atomic E-state index is 12.9. The number of carbonyl (C=O) groups is 2. The van der Waals surface area contributed by atoms with E-state index < -0.39 is 0 Å². The molecule has 0 spiro atoms. The zero-order valence-electron chi connectivity index (χ0n) is 19.2. The molecule has 1 unspecified atom stereocenters. The molecule has 0 bridgehead atoms. The number of fused-ring (bicyclic) bond motifs is 1. The first-order chi connectivity index (χ1) is 16.0. The van der Waals surface area contributed by atoms with E-state index in [-0.39, 0.29) is 23.9 Å². The van der Waals surface area contributed by atoms with Crippen LogP contribution >= 0.6 is 0 Å². The molecule has 0 radical (unpaired) electrons.